The summed E-state index contributed by atoms with van der Waals surface area (Å²) < 4.78 is 5.89. The van der Waals surface area contributed by atoms with Gasteiger partial charge in [-0.15, -0.1) is 0 Å². The zero-order valence-corrected chi connectivity index (χ0v) is 15.5. The number of aryl methyl sites for hydroxylation is 1. The Hall–Kier alpha value is -1.62. The van der Waals surface area contributed by atoms with E-state index in [2.05, 4.69) is 5.32 Å². The minimum absolute atomic E-state index is 0.255. The summed E-state index contributed by atoms with van der Waals surface area (Å²) in [6, 6.07) is 10.7. The Kier molecular flexibility index (Phi) is 5.09. The zero-order valence-electron chi connectivity index (χ0n) is 13.2. The van der Waals surface area contributed by atoms with Crippen molar-refractivity contribution in [2.24, 2.45) is 0 Å². The third kappa shape index (κ3) is 3.14. The lowest BCUT2D eigenvalue weighted by atomic mass is 10.1. The molecule has 3 rings (SSSR count). The first-order valence-electron chi connectivity index (χ1n) is 7.28. The maximum Gasteiger partial charge on any atom is 0.258 e. The molecule has 0 fully saturated rings. The quantitative estimate of drug-likeness (QED) is 0.589. The molecule has 3 aromatic rings. The van der Waals surface area contributed by atoms with Crippen LogP contribution in [0.5, 0.6) is 0 Å². The van der Waals surface area contributed by atoms with Crippen molar-refractivity contribution in [3.8, 4) is 0 Å². The number of carbonyl (C=O) groups excluding carboxylic acids is 1. The van der Waals surface area contributed by atoms with E-state index in [4.69, 9.17) is 27.6 Å². The van der Waals surface area contributed by atoms with Crippen LogP contribution in [0.1, 0.15) is 21.7 Å². The maximum absolute atomic E-state index is 12.6. The van der Waals surface area contributed by atoms with E-state index in [1.54, 1.807) is 36.0 Å². The summed E-state index contributed by atoms with van der Waals surface area (Å²) in [6.45, 7) is 1.93. The normalized spacial score (nSPS) is 11.0. The number of anilines is 1. The van der Waals surface area contributed by atoms with E-state index >= 15 is 0 Å². The lowest BCUT2D eigenvalue weighted by Gasteiger charge is -2.09. The first-order valence-corrected chi connectivity index (χ1v) is 9.43. The Balaban J connectivity index is 2.02. The molecule has 0 bridgehead atoms. The van der Waals surface area contributed by atoms with Gasteiger partial charge in [-0.1, -0.05) is 41.4 Å². The van der Waals surface area contributed by atoms with Gasteiger partial charge in [0.15, 0.2) is 5.58 Å². The van der Waals surface area contributed by atoms with Crippen molar-refractivity contribution in [1.82, 2.24) is 0 Å². The molecule has 0 saturated carbocycles. The molecule has 1 N–H and O–H groups in total. The molecular weight excluding hydrogens is 365 g/mol. The molecule has 1 aromatic heterocycles. The van der Waals surface area contributed by atoms with Crippen LogP contribution >= 0.6 is 35.0 Å². The van der Waals surface area contributed by atoms with Crippen molar-refractivity contribution in [2.75, 3.05) is 11.6 Å². The van der Waals surface area contributed by atoms with Crippen LogP contribution in [0.4, 0.5) is 5.69 Å². The second kappa shape index (κ2) is 7.09. The van der Waals surface area contributed by atoms with E-state index in [0.29, 0.717) is 21.3 Å². The van der Waals surface area contributed by atoms with Gasteiger partial charge < -0.3 is 9.73 Å². The highest BCUT2D eigenvalue weighted by Crippen LogP contribution is 2.34. The topological polar surface area (TPSA) is 42.2 Å². The van der Waals surface area contributed by atoms with Crippen LogP contribution in [0, 0.1) is 6.92 Å². The van der Waals surface area contributed by atoms with Crippen LogP contribution in [0.25, 0.3) is 11.0 Å². The molecule has 2 aromatic carbocycles. The van der Waals surface area contributed by atoms with Gasteiger partial charge in [-0.3, -0.25) is 4.79 Å². The van der Waals surface area contributed by atoms with Crippen molar-refractivity contribution >= 4 is 57.5 Å². The molecule has 0 radical (unpaired) electrons. The van der Waals surface area contributed by atoms with E-state index in [0.717, 1.165) is 22.5 Å². The molecule has 124 valence electrons. The molecular formula is C18H15Cl2NO2S. The van der Waals surface area contributed by atoms with Gasteiger partial charge in [-0.25, -0.2) is 0 Å². The van der Waals surface area contributed by atoms with Crippen molar-refractivity contribution < 1.29 is 9.21 Å². The second-order valence-corrected chi connectivity index (χ2v) is 6.98. The average Bonchev–Trinajstić information content (AvgIpc) is 2.85. The number of fused-ring (bicyclic) bond motifs is 1. The fourth-order valence-electron chi connectivity index (χ4n) is 2.61. The van der Waals surface area contributed by atoms with Crippen LogP contribution in [0.15, 0.2) is 40.8 Å². The van der Waals surface area contributed by atoms with Crippen LogP contribution < -0.4 is 5.32 Å². The molecule has 0 aliphatic rings. The number of para-hydroxylation sites is 1. The largest absolute Gasteiger partial charge is 0.459 e. The van der Waals surface area contributed by atoms with Gasteiger partial charge in [-0.2, -0.15) is 11.8 Å². The highest BCUT2D eigenvalue weighted by molar-refractivity contribution is 7.97. The molecule has 0 atom stereocenters. The Labute approximate surface area is 154 Å². The minimum Gasteiger partial charge on any atom is -0.459 e. The molecule has 0 aliphatic carbocycles. The first kappa shape index (κ1) is 17.2. The van der Waals surface area contributed by atoms with E-state index in [1.165, 1.54) is 0 Å². The van der Waals surface area contributed by atoms with Gasteiger partial charge in [0, 0.05) is 16.7 Å². The molecule has 0 unspecified atom stereocenters. The fraction of sp³-hybridized carbons (Fsp3) is 0.167. The Morgan fingerprint density at radius 2 is 1.83 bits per heavy atom. The number of nitrogens with one attached hydrogen (secondary N) is 1. The van der Waals surface area contributed by atoms with Crippen molar-refractivity contribution in [3.05, 3.63) is 63.3 Å². The zero-order chi connectivity index (χ0) is 17.3. The number of furan rings is 1. The molecule has 24 heavy (non-hydrogen) atoms. The highest BCUT2D eigenvalue weighted by Gasteiger charge is 2.18. The van der Waals surface area contributed by atoms with Gasteiger partial charge in [0.1, 0.15) is 5.76 Å². The monoisotopic (exact) mass is 379 g/mol. The summed E-state index contributed by atoms with van der Waals surface area (Å²) >= 11 is 13.9. The van der Waals surface area contributed by atoms with Gasteiger partial charge in [0.25, 0.3) is 5.91 Å². The number of halogens is 2. The van der Waals surface area contributed by atoms with Crippen LogP contribution in [-0.2, 0) is 5.75 Å². The number of amides is 1. The number of thioether (sulfide) groups is 1. The third-order valence-electron chi connectivity index (χ3n) is 3.75. The fourth-order valence-corrected chi connectivity index (χ4v) is 3.83. The third-order valence-corrected chi connectivity index (χ3v) is 4.95. The van der Waals surface area contributed by atoms with Crippen molar-refractivity contribution in [1.29, 1.82) is 0 Å². The Morgan fingerprint density at radius 1 is 1.17 bits per heavy atom. The number of hydrogen-bond donors (Lipinski definition) is 1. The molecule has 1 amide bonds. The second-order valence-electron chi connectivity index (χ2n) is 5.30. The summed E-state index contributed by atoms with van der Waals surface area (Å²) in [6.07, 6.45) is 2.04. The summed E-state index contributed by atoms with van der Waals surface area (Å²) in [5.74, 6) is 1.35. The minimum atomic E-state index is -0.362. The van der Waals surface area contributed by atoms with Crippen LogP contribution in [0.3, 0.4) is 0 Å². The number of hydrogen-bond acceptors (Lipinski definition) is 3. The van der Waals surface area contributed by atoms with Gasteiger partial charge in [0.05, 0.1) is 21.3 Å². The Morgan fingerprint density at radius 3 is 2.50 bits per heavy atom. The maximum atomic E-state index is 12.6. The predicted octanol–water partition coefficient (Wildman–Crippen LogP) is 6.16. The summed E-state index contributed by atoms with van der Waals surface area (Å²) in [4.78, 5) is 12.6. The Bertz CT molecular complexity index is 901. The van der Waals surface area contributed by atoms with Gasteiger partial charge in [0.2, 0.25) is 0 Å². The molecule has 6 heteroatoms. The predicted molar refractivity (Wildman–Crippen MR) is 103 cm³/mol. The number of carbonyl (C=O) groups is 1. The van der Waals surface area contributed by atoms with Crippen molar-refractivity contribution in [2.45, 2.75) is 12.7 Å². The SMILES string of the molecule is CSCc1c(C)oc2c(NC(=O)c3c(Cl)cccc3Cl)cccc12. The number of benzene rings is 2. The van der Waals surface area contributed by atoms with Crippen LogP contribution in [-0.4, -0.2) is 12.2 Å². The summed E-state index contributed by atoms with van der Waals surface area (Å²) in [5, 5.41) is 4.48. The smallest absolute Gasteiger partial charge is 0.258 e. The average molecular weight is 380 g/mol. The molecule has 0 aliphatic heterocycles. The number of rotatable bonds is 4. The van der Waals surface area contributed by atoms with E-state index in [-0.39, 0.29) is 11.5 Å². The molecule has 0 spiro atoms. The van der Waals surface area contributed by atoms with Crippen molar-refractivity contribution in [3.63, 3.8) is 0 Å². The highest BCUT2D eigenvalue weighted by atomic mass is 35.5. The van der Waals surface area contributed by atoms with E-state index in [1.807, 2.05) is 25.3 Å². The lowest BCUT2D eigenvalue weighted by molar-refractivity contribution is 0.102. The summed E-state index contributed by atoms with van der Waals surface area (Å²) in [5.41, 5.74) is 2.66. The van der Waals surface area contributed by atoms with Gasteiger partial charge in [-0.05, 0) is 31.4 Å². The van der Waals surface area contributed by atoms with Crippen LogP contribution in [0.2, 0.25) is 10.0 Å². The molecule has 3 nitrogen and oxygen atoms in total. The molecule has 1 heterocycles. The van der Waals surface area contributed by atoms with E-state index < -0.39 is 0 Å². The first-order chi connectivity index (χ1) is 11.5. The molecule has 0 saturated heterocycles. The van der Waals surface area contributed by atoms with Gasteiger partial charge >= 0.3 is 0 Å². The lowest BCUT2D eigenvalue weighted by Crippen LogP contribution is -2.13. The summed E-state index contributed by atoms with van der Waals surface area (Å²) in [7, 11) is 0. The standard InChI is InChI=1S/C18H15Cl2NO2S/c1-10-12(9-24-2)11-5-3-8-15(17(11)23-10)21-18(22)16-13(19)6-4-7-14(16)20/h3-8H,9H2,1-2H3,(H,21,22). The van der Waals surface area contributed by atoms with E-state index in [9.17, 15) is 4.79 Å².